The highest BCUT2D eigenvalue weighted by atomic mass is 19.1. The molecule has 16 heavy (non-hydrogen) atoms. The lowest BCUT2D eigenvalue weighted by Gasteiger charge is -2.26. The molecule has 0 spiro atoms. The van der Waals surface area contributed by atoms with Crippen molar-refractivity contribution in [1.82, 2.24) is 5.32 Å². The van der Waals surface area contributed by atoms with Gasteiger partial charge in [-0.15, -0.1) is 0 Å². The molecule has 86 valence electrons. The minimum Gasteiger partial charge on any atom is -0.371 e. The van der Waals surface area contributed by atoms with Crippen LogP contribution in [-0.4, -0.2) is 26.7 Å². The molecule has 1 fully saturated rings. The summed E-state index contributed by atoms with van der Waals surface area (Å²) in [4.78, 5) is 2.07. The second-order valence-corrected chi connectivity index (χ2v) is 4.32. The standard InChI is InChI=1S/C13H17FN2/c1-10(11-7-15-8-11)9-16(2)13-5-3-4-12(14)6-13/h3-6,15H,7-9H2,1-2H3. The molecule has 2 rings (SSSR count). The average Bonchev–Trinajstić information content (AvgIpc) is 2.14. The molecular formula is C13H17FN2. The summed E-state index contributed by atoms with van der Waals surface area (Å²) in [6, 6.07) is 6.71. The average molecular weight is 220 g/mol. The van der Waals surface area contributed by atoms with E-state index in [4.69, 9.17) is 0 Å². The molecule has 0 atom stereocenters. The Kier molecular flexibility index (Phi) is 3.25. The van der Waals surface area contributed by atoms with Crippen molar-refractivity contribution in [2.24, 2.45) is 0 Å². The summed E-state index contributed by atoms with van der Waals surface area (Å²) in [6.45, 7) is 5.01. The molecule has 1 saturated heterocycles. The zero-order valence-corrected chi connectivity index (χ0v) is 9.76. The van der Waals surface area contributed by atoms with Crippen LogP contribution in [0, 0.1) is 5.82 Å². The number of rotatable bonds is 3. The van der Waals surface area contributed by atoms with Crippen molar-refractivity contribution in [3.8, 4) is 0 Å². The Bertz CT molecular complexity index is 406. The molecule has 2 nitrogen and oxygen atoms in total. The normalized spacial score (nSPS) is 14.6. The Morgan fingerprint density at radius 3 is 2.75 bits per heavy atom. The first kappa shape index (κ1) is 11.1. The summed E-state index contributed by atoms with van der Waals surface area (Å²) in [5.41, 5.74) is 3.78. The number of likely N-dealkylation sites (N-methyl/N-ethyl adjacent to an activating group) is 1. The maximum Gasteiger partial charge on any atom is 0.125 e. The number of nitrogens with one attached hydrogen (secondary N) is 1. The first-order valence-corrected chi connectivity index (χ1v) is 5.52. The highest BCUT2D eigenvalue weighted by molar-refractivity contribution is 5.47. The van der Waals surface area contributed by atoms with Gasteiger partial charge in [-0.05, 0) is 30.7 Å². The van der Waals surface area contributed by atoms with E-state index in [-0.39, 0.29) is 5.82 Å². The van der Waals surface area contributed by atoms with Gasteiger partial charge < -0.3 is 10.2 Å². The van der Waals surface area contributed by atoms with Gasteiger partial charge in [0.2, 0.25) is 0 Å². The van der Waals surface area contributed by atoms with Gasteiger partial charge in [0.25, 0.3) is 0 Å². The highest BCUT2D eigenvalue weighted by Gasteiger charge is 2.12. The third-order valence-electron chi connectivity index (χ3n) is 3.00. The van der Waals surface area contributed by atoms with Crippen LogP contribution in [0.25, 0.3) is 0 Å². The van der Waals surface area contributed by atoms with Crippen molar-refractivity contribution in [3.63, 3.8) is 0 Å². The summed E-state index contributed by atoms with van der Waals surface area (Å²) in [5.74, 6) is -0.181. The van der Waals surface area contributed by atoms with E-state index in [0.717, 1.165) is 25.3 Å². The van der Waals surface area contributed by atoms with Gasteiger partial charge >= 0.3 is 0 Å². The van der Waals surface area contributed by atoms with Gasteiger partial charge in [-0.3, -0.25) is 0 Å². The van der Waals surface area contributed by atoms with Crippen LogP contribution in [0.15, 0.2) is 35.4 Å². The summed E-state index contributed by atoms with van der Waals surface area (Å²) in [6.07, 6.45) is 0. The van der Waals surface area contributed by atoms with Crippen molar-refractivity contribution in [2.75, 3.05) is 31.6 Å². The van der Waals surface area contributed by atoms with Gasteiger partial charge in [0, 0.05) is 32.4 Å². The van der Waals surface area contributed by atoms with Crippen molar-refractivity contribution < 1.29 is 4.39 Å². The van der Waals surface area contributed by atoms with E-state index in [1.54, 1.807) is 12.1 Å². The second-order valence-electron chi connectivity index (χ2n) is 4.32. The molecule has 0 radical (unpaired) electrons. The van der Waals surface area contributed by atoms with Gasteiger partial charge in [0.05, 0.1) is 0 Å². The first-order valence-electron chi connectivity index (χ1n) is 5.52. The van der Waals surface area contributed by atoms with Gasteiger partial charge in [0.1, 0.15) is 5.82 Å². The number of benzene rings is 1. The maximum atomic E-state index is 13.1. The van der Waals surface area contributed by atoms with E-state index < -0.39 is 0 Å². The van der Waals surface area contributed by atoms with Gasteiger partial charge in [0.15, 0.2) is 0 Å². The molecule has 0 bridgehead atoms. The molecule has 1 aromatic rings. The van der Waals surface area contributed by atoms with Crippen LogP contribution in [0.2, 0.25) is 0 Å². The molecule has 1 N–H and O–H groups in total. The molecule has 1 aliphatic heterocycles. The summed E-state index contributed by atoms with van der Waals surface area (Å²) in [7, 11) is 1.99. The van der Waals surface area contributed by atoms with Crippen molar-refractivity contribution in [1.29, 1.82) is 0 Å². The topological polar surface area (TPSA) is 15.3 Å². The van der Waals surface area contributed by atoms with E-state index in [0.29, 0.717) is 0 Å². The van der Waals surface area contributed by atoms with Crippen LogP contribution in [0.4, 0.5) is 10.1 Å². The molecule has 1 aromatic carbocycles. The fourth-order valence-corrected chi connectivity index (χ4v) is 1.82. The molecule has 0 aliphatic carbocycles. The van der Waals surface area contributed by atoms with Crippen molar-refractivity contribution in [2.45, 2.75) is 6.92 Å². The summed E-state index contributed by atoms with van der Waals surface area (Å²) in [5, 5.41) is 3.23. The monoisotopic (exact) mass is 220 g/mol. The SMILES string of the molecule is CC(CN(C)c1cccc(F)c1)=C1CNC1. The minimum absolute atomic E-state index is 0.181. The smallest absolute Gasteiger partial charge is 0.125 e. The molecule has 0 unspecified atom stereocenters. The van der Waals surface area contributed by atoms with Crippen LogP contribution in [-0.2, 0) is 0 Å². The number of hydrogen-bond donors (Lipinski definition) is 1. The van der Waals surface area contributed by atoms with Gasteiger partial charge in [-0.25, -0.2) is 4.39 Å². The van der Waals surface area contributed by atoms with E-state index in [1.807, 2.05) is 13.1 Å². The lowest BCUT2D eigenvalue weighted by molar-refractivity contribution is 0.627. The Balaban J connectivity index is 2.05. The molecule has 3 heteroatoms. The molecular weight excluding hydrogens is 203 g/mol. The number of hydrogen-bond acceptors (Lipinski definition) is 2. The lowest BCUT2D eigenvalue weighted by Crippen LogP contribution is -2.36. The van der Waals surface area contributed by atoms with Crippen LogP contribution >= 0.6 is 0 Å². The number of halogens is 1. The predicted molar refractivity (Wildman–Crippen MR) is 65.2 cm³/mol. The summed E-state index contributed by atoms with van der Waals surface area (Å²) >= 11 is 0. The second kappa shape index (κ2) is 4.66. The number of nitrogens with zero attached hydrogens (tertiary/aromatic N) is 1. The zero-order chi connectivity index (χ0) is 11.5. The van der Waals surface area contributed by atoms with Crippen LogP contribution < -0.4 is 10.2 Å². The van der Waals surface area contributed by atoms with Crippen LogP contribution in [0.5, 0.6) is 0 Å². The third-order valence-corrected chi connectivity index (χ3v) is 3.00. The first-order chi connectivity index (χ1) is 7.66. The Morgan fingerprint density at radius 1 is 1.44 bits per heavy atom. The van der Waals surface area contributed by atoms with Crippen molar-refractivity contribution in [3.05, 3.63) is 41.2 Å². The van der Waals surface area contributed by atoms with Crippen LogP contribution in [0.3, 0.4) is 0 Å². The fraction of sp³-hybridized carbons (Fsp3) is 0.385. The quantitative estimate of drug-likeness (QED) is 0.785. The Hall–Kier alpha value is -1.35. The molecule has 0 saturated carbocycles. The fourth-order valence-electron chi connectivity index (χ4n) is 1.82. The molecule has 0 aromatic heterocycles. The maximum absolute atomic E-state index is 13.1. The number of anilines is 1. The van der Waals surface area contributed by atoms with E-state index in [9.17, 15) is 4.39 Å². The lowest BCUT2D eigenvalue weighted by atomic mass is 10.0. The largest absolute Gasteiger partial charge is 0.371 e. The van der Waals surface area contributed by atoms with Gasteiger partial charge in [-0.2, -0.15) is 0 Å². The molecule has 1 aliphatic rings. The molecule has 0 amide bonds. The predicted octanol–water partition coefficient (Wildman–Crippen LogP) is 2.18. The highest BCUT2D eigenvalue weighted by Crippen LogP contribution is 2.17. The van der Waals surface area contributed by atoms with E-state index >= 15 is 0 Å². The van der Waals surface area contributed by atoms with E-state index in [2.05, 4.69) is 17.1 Å². The summed E-state index contributed by atoms with van der Waals surface area (Å²) < 4.78 is 13.1. The Morgan fingerprint density at radius 2 is 2.19 bits per heavy atom. The molecule has 1 heterocycles. The van der Waals surface area contributed by atoms with Crippen molar-refractivity contribution >= 4 is 5.69 Å². The third kappa shape index (κ3) is 2.42. The Labute approximate surface area is 95.8 Å². The van der Waals surface area contributed by atoms with Gasteiger partial charge in [-0.1, -0.05) is 11.6 Å². The minimum atomic E-state index is -0.181. The van der Waals surface area contributed by atoms with E-state index in [1.165, 1.54) is 17.2 Å². The zero-order valence-electron chi connectivity index (χ0n) is 9.76. The van der Waals surface area contributed by atoms with Crippen LogP contribution in [0.1, 0.15) is 6.92 Å².